The van der Waals surface area contributed by atoms with Crippen LogP contribution in [-0.4, -0.2) is 37.3 Å². The molecule has 0 fully saturated rings. The third-order valence-electron chi connectivity index (χ3n) is 2.66. The van der Waals surface area contributed by atoms with Gasteiger partial charge in [0.25, 0.3) is 0 Å². The van der Waals surface area contributed by atoms with Gasteiger partial charge in [0.05, 0.1) is 24.3 Å². The van der Waals surface area contributed by atoms with Gasteiger partial charge in [-0.3, -0.25) is 9.59 Å². The quantitative estimate of drug-likeness (QED) is 0.440. The first-order valence-corrected chi connectivity index (χ1v) is 7.22. The Morgan fingerprint density at radius 2 is 2.00 bits per heavy atom. The van der Waals surface area contributed by atoms with Crippen LogP contribution in [0.2, 0.25) is 0 Å². The number of hydrogen-bond donors (Lipinski definition) is 2. The highest BCUT2D eigenvalue weighted by Crippen LogP contribution is 2.13. The lowest BCUT2D eigenvalue weighted by atomic mass is 10.2. The van der Waals surface area contributed by atoms with E-state index >= 15 is 0 Å². The van der Waals surface area contributed by atoms with Crippen molar-refractivity contribution in [2.75, 3.05) is 25.6 Å². The molecule has 0 bridgehead atoms. The minimum absolute atomic E-state index is 0.0481. The van der Waals surface area contributed by atoms with Gasteiger partial charge in [-0.2, -0.15) is 5.26 Å². The summed E-state index contributed by atoms with van der Waals surface area (Å²) in [5, 5.41) is 14.2. The average Bonchev–Trinajstić information content (AvgIpc) is 2.53. The van der Waals surface area contributed by atoms with Crippen LogP contribution in [0.1, 0.15) is 18.4 Å². The molecule has 0 unspecified atom stereocenters. The molecule has 8 heteroatoms. The van der Waals surface area contributed by atoms with Gasteiger partial charge in [0.2, 0.25) is 5.91 Å². The summed E-state index contributed by atoms with van der Waals surface area (Å²) >= 11 is 5.00. The molecule has 0 radical (unpaired) electrons. The largest absolute Gasteiger partial charge is 0.463 e. The Balaban J connectivity index is 2.35. The summed E-state index contributed by atoms with van der Waals surface area (Å²) in [5.41, 5.74) is 0.907. The van der Waals surface area contributed by atoms with Crippen LogP contribution in [0.4, 0.5) is 5.69 Å². The van der Waals surface area contributed by atoms with Crippen molar-refractivity contribution in [2.45, 2.75) is 12.8 Å². The number of benzene rings is 1. The molecule has 0 saturated heterocycles. The van der Waals surface area contributed by atoms with Crippen molar-refractivity contribution in [3.8, 4) is 6.07 Å². The van der Waals surface area contributed by atoms with Crippen molar-refractivity contribution in [1.29, 1.82) is 5.26 Å². The second-order valence-corrected chi connectivity index (χ2v) is 4.78. The predicted octanol–water partition coefficient (Wildman–Crippen LogP) is 1.34. The lowest BCUT2D eigenvalue weighted by molar-refractivity contribution is -0.146. The Kier molecular flexibility index (Phi) is 8.28. The summed E-state index contributed by atoms with van der Waals surface area (Å²) in [4.78, 5) is 23.0. The molecule has 0 aliphatic rings. The van der Waals surface area contributed by atoms with Crippen molar-refractivity contribution in [1.82, 2.24) is 5.32 Å². The molecule has 122 valence electrons. The number of nitrogens with zero attached hydrogens (tertiary/aromatic N) is 1. The molecule has 1 aromatic carbocycles. The monoisotopic (exact) mass is 335 g/mol. The molecule has 1 amide bonds. The number of amides is 1. The van der Waals surface area contributed by atoms with E-state index in [0.717, 1.165) is 0 Å². The Labute approximate surface area is 139 Å². The lowest BCUT2D eigenvalue weighted by Gasteiger charge is -2.10. The first-order valence-electron chi connectivity index (χ1n) is 6.81. The van der Waals surface area contributed by atoms with Gasteiger partial charge in [-0.25, -0.2) is 0 Å². The van der Waals surface area contributed by atoms with Crippen LogP contribution in [0.5, 0.6) is 0 Å². The molecule has 1 rings (SSSR count). The normalized spacial score (nSPS) is 9.57. The topological polar surface area (TPSA) is 100 Å². The summed E-state index contributed by atoms with van der Waals surface area (Å²) in [7, 11) is 1.50. The average molecular weight is 335 g/mol. The van der Waals surface area contributed by atoms with Crippen molar-refractivity contribution >= 4 is 34.9 Å². The van der Waals surface area contributed by atoms with Crippen LogP contribution in [0.3, 0.4) is 0 Å². The van der Waals surface area contributed by atoms with E-state index in [4.69, 9.17) is 27.0 Å². The number of ether oxygens (including phenoxy) is 2. The Morgan fingerprint density at radius 3 is 2.70 bits per heavy atom. The predicted molar refractivity (Wildman–Crippen MR) is 87.6 cm³/mol. The molecule has 0 aliphatic heterocycles. The van der Waals surface area contributed by atoms with Gasteiger partial charge >= 0.3 is 5.97 Å². The first-order chi connectivity index (χ1) is 11.1. The fourth-order valence-electron chi connectivity index (χ4n) is 1.56. The molecule has 0 aliphatic carbocycles. The number of para-hydroxylation sites is 1. The second kappa shape index (κ2) is 10.3. The molecule has 7 nitrogen and oxygen atoms in total. The van der Waals surface area contributed by atoms with Gasteiger partial charge in [-0.05, 0) is 24.4 Å². The zero-order valence-electron chi connectivity index (χ0n) is 12.6. The van der Waals surface area contributed by atoms with Crippen LogP contribution >= 0.6 is 12.2 Å². The van der Waals surface area contributed by atoms with Gasteiger partial charge in [0, 0.05) is 13.5 Å². The Bertz CT molecular complexity index is 613. The van der Waals surface area contributed by atoms with Crippen molar-refractivity contribution in [2.24, 2.45) is 0 Å². The highest BCUT2D eigenvalue weighted by molar-refractivity contribution is 7.80. The van der Waals surface area contributed by atoms with Gasteiger partial charge in [-0.1, -0.05) is 12.1 Å². The van der Waals surface area contributed by atoms with Gasteiger partial charge in [0.1, 0.15) is 12.7 Å². The van der Waals surface area contributed by atoms with Gasteiger partial charge < -0.3 is 20.1 Å². The van der Waals surface area contributed by atoms with Crippen molar-refractivity contribution in [3.05, 3.63) is 29.8 Å². The first kappa shape index (κ1) is 18.5. The molecule has 0 spiro atoms. The zero-order valence-corrected chi connectivity index (χ0v) is 13.4. The number of anilines is 1. The van der Waals surface area contributed by atoms with E-state index in [1.165, 1.54) is 7.11 Å². The van der Waals surface area contributed by atoms with Crippen molar-refractivity contribution < 1.29 is 19.1 Å². The Hall–Kier alpha value is -2.50. The van der Waals surface area contributed by atoms with E-state index in [1.807, 2.05) is 6.07 Å². The van der Waals surface area contributed by atoms with Gasteiger partial charge in [-0.15, -0.1) is 0 Å². The number of carbonyl (C=O) groups excluding carboxylic acids is 2. The fraction of sp³-hybridized carbons (Fsp3) is 0.333. The molecule has 1 aromatic rings. The second-order valence-electron chi connectivity index (χ2n) is 4.37. The van der Waals surface area contributed by atoms with E-state index < -0.39 is 11.9 Å². The minimum atomic E-state index is -0.481. The summed E-state index contributed by atoms with van der Waals surface area (Å²) in [6.45, 7) is 0.464. The van der Waals surface area contributed by atoms with E-state index in [1.54, 1.807) is 24.3 Å². The number of methoxy groups -OCH3 is 1. The SMILES string of the molecule is COCCOC(=O)CCC(=O)NC(=S)Nc1ccccc1C#N. The van der Waals surface area contributed by atoms with Crippen LogP contribution < -0.4 is 10.6 Å². The number of nitrogens with one attached hydrogen (secondary N) is 2. The molecule has 0 heterocycles. The zero-order chi connectivity index (χ0) is 17.1. The summed E-state index contributed by atoms with van der Waals surface area (Å²) in [6.07, 6.45) is -0.0968. The number of esters is 1. The lowest BCUT2D eigenvalue weighted by Crippen LogP contribution is -2.34. The van der Waals surface area contributed by atoms with Crippen molar-refractivity contribution in [3.63, 3.8) is 0 Å². The number of nitriles is 1. The van der Waals surface area contributed by atoms with E-state index in [0.29, 0.717) is 17.9 Å². The van der Waals surface area contributed by atoms with Crippen LogP contribution in [0, 0.1) is 11.3 Å². The Morgan fingerprint density at radius 1 is 1.26 bits per heavy atom. The maximum Gasteiger partial charge on any atom is 0.306 e. The maximum atomic E-state index is 11.7. The van der Waals surface area contributed by atoms with Crippen LogP contribution in [0.25, 0.3) is 0 Å². The van der Waals surface area contributed by atoms with Gasteiger partial charge in [0.15, 0.2) is 5.11 Å². The summed E-state index contributed by atoms with van der Waals surface area (Å²) < 4.78 is 9.58. The molecule has 0 atom stereocenters. The van der Waals surface area contributed by atoms with E-state index in [2.05, 4.69) is 10.6 Å². The molecular weight excluding hydrogens is 318 g/mol. The van der Waals surface area contributed by atoms with E-state index in [9.17, 15) is 9.59 Å². The number of rotatable bonds is 7. The summed E-state index contributed by atoms with van der Waals surface area (Å²) in [5.74, 6) is -0.897. The smallest absolute Gasteiger partial charge is 0.306 e. The highest BCUT2D eigenvalue weighted by Gasteiger charge is 2.10. The molecule has 2 N–H and O–H groups in total. The molecule has 0 aromatic heterocycles. The molecular formula is C15H17N3O4S. The third kappa shape index (κ3) is 7.35. The highest BCUT2D eigenvalue weighted by atomic mass is 32.1. The van der Waals surface area contributed by atoms with Crippen LogP contribution in [-0.2, 0) is 19.1 Å². The fourth-order valence-corrected chi connectivity index (χ4v) is 1.78. The van der Waals surface area contributed by atoms with Crippen LogP contribution in [0.15, 0.2) is 24.3 Å². The number of carbonyl (C=O) groups is 2. The third-order valence-corrected chi connectivity index (χ3v) is 2.86. The number of hydrogen-bond acceptors (Lipinski definition) is 6. The summed E-state index contributed by atoms with van der Waals surface area (Å²) in [6, 6.07) is 8.77. The molecule has 23 heavy (non-hydrogen) atoms. The van der Waals surface area contributed by atoms with E-state index in [-0.39, 0.29) is 24.6 Å². The number of thiocarbonyl (C=S) groups is 1. The minimum Gasteiger partial charge on any atom is -0.463 e. The maximum absolute atomic E-state index is 11.7. The molecule has 0 saturated carbocycles. The standard InChI is InChI=1S/C15H17N3O4S/c1-21-8-9-22-14(20)7-6-13(19)18-15(23)17-12-5-3-2-4-11(12)10-16/h2-5H,6-9H2,1H3,(H2,17,18,19,23).